The number of benzene rings is 2. The molecule has 0 saturated carbocycles. The van der Waals surface area contributed by atoms with Gasteiger partial charge in [0.2, 0.25) is 0 Å². The second kappa shape index (κ2) is 10.2. The molecule has 0 aliphatic carbocycles. The molecule has 2 aromatic carbocycles. The topological polar surface area (TPSA) is 71.3 Å². The highest BCUT2D eigenvalue weighted by atomic mass is 79.9. The van der Waals surface area contributed by atoms with Gasteiger partial charge in [-0.2, -0.15) is 5.26 Å². The van der Waals surface area contributed by atoms with E-state index in [2.05, 4.69) is 21.2 Å². The molecule has 0 fully saturated rings. The minimum Gasteiger partial charge on any atom is -0.493 e. The summed E-state index contributed by atoms with van der Waals surface area (Å²) in [7, 11) is 1.51. The Hall–Kier alpha value is -2.49. The molecule has 146 valence electrons. The van der Waals surface area contributed by atoms with Gasteiger partial charge in [0.25, 0.3) is 5.91 Å². The molecule has 2 rings (SSSR count). The van der Waals surface area contributed by atoms with Crippen molar-refractivity contribution in [3.63, 3.8) is 0 Å². The van der Waals surface area contributed by atoms with Gasteiger partial charge in [-0.15, -0.1) is 0 Å². The molecule has 0 saturated heterocycles. The summed E-state index contributed by atoms with van der Waals surface area (Å²) < 4.78 is 12.0. The van der Waals surface area contributed by atoms with Crippen LogP contribution in [-0.2, 0) is 4.79 Å². The molecule has 0 bridgehead atoms. The van der Waals surface area contributed by atoms with E-state index in [4.69, 9.17) is 21.1 Å². The molecule has 7 heteroatoms. The van der Waals surface area contributed by atoms with Crippen molar-refractivity contribution in [1.29, 1.82) is 5.26 Å². The molecule has 1 atom stereocenters. The fourth-order valence-electron chi connectivity index (χ4n) is 2.30. The number of methoxy groups -OCH3 is 1. The Kier molecular flexibility index (Phi) is 7.91. The van der Waals surface area contributed by atoms with Gasteiger partial charge in [-0.3, -0.25) is 4.79 Å². The standard InChI is InChI=1S/C21H20BrClN2O3/c1-4-13(2)28-20-18(23)9-14(10-19(20)27-3)8-15(12-24)21(26)25-17-7-5-6-16(22)11-17/h5-11,13H,4H2,1-3H3,(H,25,26). The van der Waals surface area contributed by atoms with Crippen LogP contribution in [0.1, 0.15) is 25.8 Å². The molecule has 2 aromatic rings. The minimum atomic E-state index is -0.518. The Morgan fingerprint density at radius 3 is 2.75 bits per heavy atom. The van der Waals surface area contributed by atoms with Crippen molar-refractivity contribution in [3.05, 3.63) is 57.0 Å². The maximum atomic E-state index is 12.4. The van der Waals surface area contributed by atoms with Crippen molar-refractivity contribution >= 4 is 45.2 Å². The van der Waals surface area contributed by atoms with Gasteiger partial charge in [0.05, 0.1) is 18.2 Å². The third-order valence-electron chi connectivity index (χ3n) is 3.90. The Bertz CT molecular complexity index is 938. The average Bonchev–Trinajstić information content (AvgIpc) is 2.67. The summed E-state index contributed by atoms with van der Waals surface area (Å²) in [6.07, 6.45) is 2.24. The summed E-state index contributed by atoms with van der Waals surface area (Å²) in [6, 6.07) is 12.3. The summed E-state index contributed by atoms with van der Waals surface area (Å²) in [6.45, 7) is 3.94. The van der Waals surface area contributed by atoms with Crippen molar-refractivity contribution < 1.29 is 14.3 Å². The van der Waals surface area contributed by atoms with Gasteiger partial charge in [0.15, 0.2) is 11.5 Å². The summed E-state index contributed by atoms with van der Waals surface area (Å²) in [5.41, 5.74) is 1.07. The monoisotopic (exact) mass is 462 g/mol. The van der Waals surface area contributed by atoms with E-state index in [0.717, 1.165) is 10.9 Å². The van der Waals surface area contributed by atoms with Crippen molar-refractivity contribution in [2.24, 2.45) is 0 Å². The van der Waals surface area contributed by atoms with Crippen molar-refractivity contribution in [3.8, 4) is 17.6 Å². The molecule has 5 nitrogen and oxygen atoms in total. The van der Waals surface area contributed by atoms with Gasteiger partial charge in [-0.1, -0.05) is 40.5 Å². The fraction of sp³-hybridized carbons (Fsp3) is 0.238. The highest BCUT2D eigenvalue weighted by molar-refractivity contribution is 9.10. The largest absolute Gasteiger partial charge is 0.493 e. The van der Waals surface area contributed by atoms with Crippen LogP contribution in [0.25, 0.3) is 6.08 Å². The van der Waals surface area contributed by atoms with Crippen LogP contribution < -0.4 is 14.8 Å². The van der Waals surface area contributed by atoms with Gasteiger partial charge < -0.3 is 14.8 Å². The Labute approximate surface area is 178 Å². The second-order valence-corrected chi connectivity index (χ2v) is 7.33. The van der Waals surface area contributed by atoms with Gasteiger partial charge >= 0.3 is 0 Å². The zero-order valence-electron chi connectivity index (χ0n) is 15.8. The number of carbonyl (C=O) groups excluding carboxylic acids is 1. The maximum absolute atomic E-state index is 12.4. The van der Waals surface area contributed by atoms with Crippen LogP contribution in [0.15, 0.2) is 46.4 Å². The van der Waals surface area contributed by atoms with E-state index in [-0.39, 0.29) is 11.7 Å². The molecule has 0 aliphatic heterocycles. The summed E-state index contributed by atoms with van der Waals surface area (Å²) in [4.78, 5) is 12.4. The first kappa shape index (κ1) is 21.8. The Balaban J connectivity index is 2.31. The average molecular weight is 464 g/mol. The maximum Gasteiger partial charge on any atom is 0.266 e. The van der Waals surface area contributed by atoms with E-state index in [0.29, 0.717) is 27.8 Å². The third-order valence-corrected chi connectivity index (χ3v) is 4.68. The van der Waals surface area contributed by atoms with Gasteiger partial charge in [0.1, 0.15) is 11.6 Å². The molecular formula is C21H20BrClN2O3. The molecule has 0 aliphatic rings. The number of nitrogens with one attached hydrogen (secondary N) is 1. The third kappa shape index (κ3) is 5.75. The van der Waals surface area contributed by atoms with Crippen molar-refractivity contribution in [2.45, 2.75) is 26.4 Å². The first-order valence-electron chi connectivity index (χ1n) is 8.60. The lowest BCUT2D eigenvalue weighted by molar-refractivity contribution is -0.112. The van der Waals surface area contributed by atoms with Crippen LogP contribution in [-0.4, -0.2) is 19.1 Å². The van der Waals surface area contributed by atoms with E-state index in [1.165, 1.54) is 13.2 Å². The summed E-state index contributed by atoms with van der Waals surface area (Å²) in [5, 5.41) is 12.5. The fourth-order valence-corrected chi connectivity index (χ4v) is 2.96. The van der Waals surface area contributed by atoms with Crippen LogP contribution in [0.5, 0.6) is 11.5 Å². The summed E-state index contributed by atoms with van der Waals surface area (Å²) in [5.74, 6) is 0.354. The lowest BCUT2D eigenvalue weighted by Crippen LogP contribution is -2.13. The molecule has 0 aromatic heterocycles. The summed E-state index contributed by atoms with van der Waals surface area (Å²) >= 11 is 9.69. The molecule has 28 heavy (non-hydrogen) atoms. The number of halogens is 2. The zero-order valence-corrected chi connectivity index (χ0v) is 18.1. The first-order valence-corrected chi connectivity index (χ1v) is 9.77. The number of amides is 1. The zero-order chi connectivity index (χ0) is 20.7. The van der Waals surface area contributed by atoms with Crippen LogP contribution >= 0.6 is 27.5 Å². The van der Waals surface area contributed by atoms with E-state index >= 15 is 0 Å². The SMILES string of the molecule is CCC(C)Oc1c(Cl)cc(C=C(C#N)C(=O)Nc2cccc(Br)c2)cc1OC. The molecule has 0 spiro atoms. The molecule has 0 heterocycles. The highest BCUT2D eigenvalue weighted by Crippen LogP contribution is 2.38. The highest BCUT2D eigenvalue weighted by Gasteiger charge is 2.16. The predicted octanol–water partition coefficient (Wildman–Crippen LogP) is 5.83. The number of carbonyl (C=O) groups is 1. The minimum absolute atomic E-state index is 0.0292. The van der Waals surface area contributed by atoms with Crippen LogP contribution in [0, 0.1) is 11.3 Å². The number of anilines is 1. The van der Waals surface area contributed by atoms with Crippen LogP contribution in [0.3, 0.4) is 0 Å². The number of nitriles is 1. The van der Waals surface area contributed by atoms with Gasteiger partial charge in [-0.05, 0) is 55.3 Å². The number of hydrogen-bond acceptors (Lipinski definition) is 4. The van der Waals surface area contributed by atoms with Gasteiger partial charge in [-0.25, -0.2) is 0 Å². The van der Waals surface area contributed by atoms with Crippen molar-refractivity contribution in [1.82, 2.24) is 0 Å². The number of rotatable bonds is 7. The van der Waals surface area contributed by atoms with Gasteiger partial charge in [0, 0.05) is 10.2 Å². The quantitative estimate of drug-likeness (QED) is 0.414. The number of nitrogens with zero attached hydrogens (tertiary/aromatic N) is 1. The molecule has 1 unspecified atom stereocenters. The molecule has 1 N–H and O–H groups in total. The number of hydrogen-bond donors (Lipinski definition) is 1. The lowest BCUT2D eigenvalue weighted by Gasteiger charge is -2.17. The predicted molar refractivity (Wildman–Crippen MR) is 115 cm³/mol. The second-order valence-electron chi connectivity index (χ2n) is 6.01. The molecule has 1 amide bonds. The van der Waals surface area contributed by atoms with Crippen LogP contribution in [0.4, 0.5) is 5.69 Å². The van der Waals surface area contributed by atoms with E-state index in [1.54, 1.807) is 30.3 Å². The number of ether oxygens (including phenoxy) is 2. The van der Waals surface area contributed by atoms with Crippen molar-refractivity contribution in [2.75, 3.05) is 12.4 Å². The van der Waals surface area contributed by atoms with E-state index in [9.17, 15) is 10.1 Å². The van der Waals surface area contributed by atoms with E-state index in [1.807, 2.05) is 26.0 Å². The first-order chi connectivity index (χ1) is 13.4. The van der Waals surface area contributed by atoms with E-state index < -0.39 is 5.91 Å². The smallest absolute Gasteiger partial charge is 0.266 e. The Morgan fingerprint density at radius 2 is 2.14 bits per heavy atom. The molecule has 0 radical (unpaired) electrons. The normalized spacial score (nSPS) is 12.1. The van der Waals surface area contributed by atoms with Crippen LogP contribution in [0.2, 0.25) is 5.02 Å². The lowest BCUT2D eigenvalue weighted by atomic mass is 10.1. The Morgan fingerprint density at radius 1 is 1.39 bits per heavy atom. The molecular weight excluding hydrogens is 444 g/mol.